The number of carbonyl (C=O) groups excluding carboxylic acids is 2. The minimum absolute atomic E-state index is 0.664. The maximum absolute atomic E-state index is 12.1. The van der Waals surface area contributed by atoms with Crippen LogP contribution in [0, 0.1) is 5.41 Å². The number of unbranched alkanes of at least 4 members (excludes halogenated alkanes) is 11. The summed E-state index contributed by atoms with van der Waals surface area (Å²) in [6, 6.07) is 0. The first-order valence-corrected chi connectivity index (χ1v) is 12.3. The summed E-state index contributed by atoms with van der Waals surface area (Å²) in [5.74, 6) is -6.79. The Hall–Kier alpha value is -2.68. The maximum atomic E-state index is 12.1. The summed E-state index contributed by atoms with van der Waals surface area (Å²) in [7, 11) is 5.48. The van der Waals surface area contributed by atoms with Gasteiger partial charge in [0, 0.05) is 0 Å². The Labute approximate surface area is 210 Å². The standard InChI is InChI=1S/C24H38O8.C2H7N/c1-4-5-6-7-8-9-10-11-12-13-14-15-16-17-18-19(20(25)26)24(21(27)28,22(29)31-2)23(30)32-3;1-3-2/h16-18H,4-15H2,1-3H3,(H,25,26)(H,27,28);3H,1-2H3. The molecule has 0 aliphatic rings. The third kappa shape index (κ3) is 13.1. The van der Waals surface area contributed by atoms with E-state index in [4.69, 9.17) is 0 Å². The Morgan fingerprint density at radius 3 is 1.51 bits per heavy atom. The zero-order valence-corrected chi connectivity index (χ0v) is 22.1. The second kappa shape index (κ2) is 21.8. The number of carboxylic acids is 2. The molecule has 0 unspecified atom stereocenters. The number of ether oxygens (including phenoxy) is 2. The van der Waals surface area contributed by atoms with E-state index in [0.29, 0.717) is 6.42 Å². The summed E-state index contributed by atoms with van der Waals surface area (Å²) >= 11 is 0. The topological polar surface area (TPSA) is 139 Å². The molecule has 0 heterocycles. The van der Waals surface area contributed by atoms with Gasteiger partial charge in [-0.15, -0.1) is 0 Å². The molecule has 35 heavy (non-hydrogen) atoms. The van der Waals surface area contributed by atoms with Gasteiger partial charge in [-0.2, -0.15) is 0 Å². The van der Waals surface area contributed by atoms with Gasteiger partial charge in [-0.1, -0.05) is 83.3 Å². The number of aliphatic carboxylic acids is 2. The van der Waals surface area contributed by atoms with Crippen LogP contribution < -0.4 is 5.32 Å². The van der Waals surface area contributed by atoms with E-state index in [1.165, 1.54) is 57.4 Å². The molecule has 0 fully saturated rings. The van der Waals surface area contributed by atoms with E-state index in [1.54, 1.807) is 6.08 Å². The van der Waals surface area contributed by atoms with E-state index in [0.717, 1.165) is 39.6 Å². The molecule has 0 radical (unpaired) electrons. The lowest BCUT2D eigenvalue weighted by Crippen LogP contribution is -2.51. The van der Waals surface area contributed by atoms with Crippen molar-refractivity contribution in [3.63, 3.8) is 0 Å². The molecule has 0 aromatic carbocycles. The van der Waals surface area contributed by atoms with Crippen molar-refractivity contribution in [1.82, 2.24) is 5.32 Å². The number of esters is 2. The smallest absolute Gasteiger partial charge is 0.339 e. The third-order valence-corrected chi connectivity index (χ3v) is 5.31. The highest BCUT2D eigenvalue weighted by Crippen LogP contribution is 2.32. The molecule has 0 aromatic rings. The largest absolute Gasteiger partial charge is 0.480 e. The Kier molecular flexibility index (Phi) is 21.5. The number of carbonyl (C=O) groups is 4. The molecule has 9 nitrogen and oxygen atoms in total. The van der Waals surface area contributed by atoms with Gasteiger partial charge in [0.25, 0.3) is 5.41 Å². The molecule has 0 atom stereocenters. The van der Waals surface area contributed by atoms with Gasteiger partial charge in [-0.05, 0) is 33.0 Å². The summed E-state index contributed by atoms with van der Waals surface area (Å²) in [6.45, 7) is 2.21. The second-order valence-corrected chi connectivity index (χ2v) is 8.18. The summed E-state index contributed by atoms with van der Waals surface area (Å²) in [4.78, 5) is 47.7. The number of carboxylic acid groups (broad SMARTS) is 2. The predicted octanol–water partition coefficient (Wildman–Crippen LogP) is 4.51. The van der Waals surface area contributed by atoms with Crippen LogP contribution in [0.1, 0.15) is 84.0 Å². The number of hydrogen-bond acceptors (Lipinski definition) is 7. The molecular formula is C26H45NO8. The molecule has 0 saturated heterocycles. The van der Waals surface area contributed by atoms with Crippen molar-refractivity contribution in [2.24, 2.45) is 5.41 Å². The van der Waals surface area contributed by atoms with Gasteiger partial charge in [0.2, 0.25) is 0 Å². The maximum Gasteiger partial charge on any atom is 0.339 e. The van der Waals surface area contributed by atoms with Crippen LogP contribution >= 0.6 is 0 Å². The van der Waals surface area contributed by atoms with Crippen LogP contribution in [-0.4, -0.2) is 62.4 Å². The highest BCUT2D eigenvalue weighted by Gasteiger charge is 2.61. The lowest BCUT2D eigenvalue weighted by molar-refractivity contribution is -0.177. The van der Waals surface area contributed by atoms with Gasteiger partial charge in [0.15, 0.2) is 0 Å². The molecular weight excluding hydrogens is 454 g/mol. The molecule has 0 bridgehead atoms. The molecule has 0 amide bonds. The van der Waals surface area contributed by atoms with Gasteiger partial charge < -0.3 is 25.0 Å². The van der Waals surface area contributed by atoms with Crippen molar-refractivity contribution < 1.29 is 38.9 Å². The number of methoxy groups -OCH3 is 2. The lowest BCUT2D eigenvalue weighted by atomic mass is 9.79. The minimum atomic E-state index is -3.10. The zero-order valence-electron chi connectivity index (χ0n) is 22.1. The second-order valence-electron chi connectivity index (χ2n) is 8.18. The summed E-state index contributed by atoms with van der Waals surface area (Å²) in [5.41, 5.74) is -4.05. The molecule has 9 heteroatoms. The normalized spacial score (nSPS) is 11.5. The molecule has 3 N–H and O–H groups in total. The van der Waals surface area contributed by atoms with Crippen molar-refractivity contribution in [3.05, 3.63) is 23.8 Å². The molecule has 0 aromatic heterocycles. The monoisotopic (exact) mass is 499 g/mol. The first-order chi connectivity index (χ1) is 16.7. The molecule has 0 saturated carbocycles. The Morgan fingerprint density at radius 1 is 0.771 bits per heavy atom. The fraction of sp³-hybridized carbons (Fsp3) is 0.692. The Balaban J connectivity index is 0. The molecule has 0 spiro atoms. The molecule has 0 rings (SSSR count). The fourth-order valence-electron chi connectivity index (χ4n) is 3.44. The quantitative estimate of drug-likeness (QED) is 0.0817. The van der Waals surface area contributed by atoms with Gasteiger partial charge in [0.1, 0.15) is 0 Å². The van der Waals surface area contributed by atoms with E-state index in [9.17, 15) is 29.4 Å². The summed E-state index contributed by atoms with van der Waals surface area (Å²) < 4.78 is 8.81. The van der Waals surface area contributed by atoms with Crippen molar-refractivity contribution in [1.29, 1.82) is 0 Å². The van der Waals surface area contributed by atoms with Crippen LogP contribution in [0.25, 0.3) is 0 Å². The van der Waals surface area contributed by atoms with Crippen LogP contribution in [0.3, 0.4) is 0 Å². The number of hydrogen-bond donors (Lipinski definition) is 3. The highest BCUT2D eigenvalue weighted by molar-refractivity contribution is 6.25. The summed E-state index contributed by atoms with van der Waals surface area (Å²) in [5, 5.41) is 21.8. The Morgan fingerprint density at radius 2 is 1.17 bits per heavy atom. The van der Waals surface area contributed by atoms with Crippen LogP contribution in [0.15, 0.2) is 23.8 Å². The highest BCUT2D eigenvalue weighted by atomic mass is 16.6. The van der Waals surface area contributed by atoms with Crippen LogP contribution in [0.5, 0.6) is 0 Å². The number of nitrogens with one attached hydrogen (secondary N) is 1. The SMILES string of the molecule is CCCCCCCCCCCCCC=CC=C(C(=O)O)C(C(=O)O)(C(=O)OC)C(=O)OC.CNC. The van der Waals surface area contributed by atoms with Crippen molar-refractivity contribution >= 4 is 23.9 Å². The number of rotatable bonds is 18. The van der Waals surface area contributed by atoms with Crippen LogP contribution in [0.2, 0.25) is 0 Å². The van der Waals surface area contributed by atoms with E-state index in [2.05, 4.69) is 21.7 Å². The molecule has 0 aliphatic heterocycles. The van der Waals surface area contributed by atoms with Crippen molar-refractivity contribution in [2.45, 2.75) is 84.0 Å². The van der Waals surface area contributed by atoms with E-state index < -0.39 is 34.9 Å². The Bertz CT molecular complexity index is 669. The van der Waals surface area contributed by atoms with Gasteiger partial charge in [-0.3, -0.25) is 0 Å². The predicted molar refractivity (Wildman–Crippen MR) is 135 cm³/mol. The van der Waals surface area contributed by atoms with Gasteiger partial charge >= 0.3 is 23.9 Å². The average Bonchev–Trinajstić information content (AvgIpc) is 2.82. The third-order valence-electron chi connectivity index (χ3n) is 5.31. The zero-order chi connectivity index (χ0) is 27.1. The minimum Gasteiger partial charge on any atom is -0.480 e. The van der Waals surface area contributed by atoms with Crippen LogP contribution in [-0.2, 0) is 28.7 Å². The van der Waals surface area contributed by atoms with E-state index in [-0.39, 0.29) is 0 Å². The van der Waals surface area contributed by atoms with Crippen molar-refractivity contribution in [2.75, 3.05) is 28.3 Å². The van der Waals surface area contributed by atoms with E-state index in [1.807, 2.05) is 14.1 Å². The average molecular weight is 500 g/mol. The first-order valence-electron chi connectivity index (χ1n) is 12.3. The van der Waals surface area contributed by atoms with Crippen LogP contribution in [0.4, 0.5) is 0 Å². The van der Waals surface area contributed by atoms with Gasteiger partial charge in [-0.25, -0.2) is 19.2 Å². The summed E-state index contributed by atoms with van der Waals surface area (Å²) in [6.07, 6.45) is 17.9. The van der Waals surface area contributed by atoms with E-state index >= 15 is 0 Å². The van der Waals surface area contributed by atoms with Crippen molar-refractivity contribution in [3.8, 4) is 0 Å². The lowest BCUT2D eigenvalue weighted by Gasteiger charge is -2.24. The fourth-order valence-corrected chi connectivity index (χ4v) is 3.44. The molecule has 0 aliphatic carbocycles. The molecule has 202 valence electrons. The number of allylic oxidation sites excluding steroid dienone is 3. The van der Waals surface area contributed by atoms with Gasteiger partial charge in [0.05, 0.1) is 19.8 Å². The first kappa shape index (κ1) is 34.5.